The van der Waals surface area contributed by atoms with E-state index in [9.17, 15) is 14.4 Å². The number of halogens is 1. The summed E-state index contributed by atoms with van der Waals surface area (Å²) < 4.78 is 6.06. The van der Waals surface area contributed by atoms with Crippen LogP contribution in [0.4, 0.5) is 0 Å². The second-order valence-corrected chi connectivity index (χ2v) is 6.42. The quantitative estimate of drug-likeness (QED) is 0.893. The number of amides is 1. The normalized spacial score (nSPS) is 24.1. The molecule has 2 aliphatic heterocycles. The first-order valence-electron chi connectivity index (χ1n) is 7.40. The zero-order chi connectivity index (χ0) is 16.6. The molecular weight excluding hydrogens is 322 g/mol. The van der Waals surface area contributed by atoms with Crippen LogP contribution in [0.15, 0.2) is 18.2 Å². The summed E-state index contributed by atoms with van der Waals surface area (Å²) in [4.78, 5) is 36.6. The number of ether oxygens (including phenoxy) is 1. The molecule has 1 aromatic carbocycles. The number of benzene rings is 1. The second kappa shape index (κ2) is 5.85. The second-order valence-electron chi connectivity index (χ2n) is 5.98. The van der Waals surface area contributed by atoms with Crippen LogP contribution in [0.2, 0.25) is 5.02 Å². The van der Waals surface area contributed by atoms with Gasteiger partial charge >= 0.3 is 5.97 Å². The highest BCUT2D eigenvalue weighted by atomic mass is 35.5. The molecule has 0 aromatic heterocycles. The fourth-order valence-corrected chi connectivity index (χ4v) is 3.33. The molecule has 0 radical (unpaired) electrons. The van der Waals surface area contributed by atoms with Crippen molar-refractivity contribution in [1.29, 1.82) is 0 Å². The maximum Gasteiger partial charge on any atom is 0.323 e. The third kappa shape index (κ3) is 3.17. The molecule has 0 saturated carbocycles. The van der Waals surface area contributed by atoms with Crippen molar-refractivity contribution in [3.05, 3.63) is 28.8 Å². The summed E-state index contributed by atoms with van der Waals surface area (Å²) in [7, 11) is 0. The number of carbonyl (C=O) groups is 3. The molecule has 23 heavy (non-hydrogen) atoms. The predicted octanol–water partition coefficient (Wildman–Crippen LogP) is 2.14. The van der Waals surface area contributed by atoms with Gasteiger partial charge in [-0.3, -0.25) is 14.4 Å². The number of hydrogen-bond donors (Lipinski definition) is 1. The molecule has 122 valence electrons. The number of carboxylic acid groups (broad SMARTS) is 1. The molecule has 0 bridgehead atoms. The molecule has 0 unspecified atom stereocenters. The van der Waals surface area contributed by atoms with E-state index >= 15 is 0 Å². The minimum atomic E-state index is -1.05. The van der Waals surface area contributed by atoms with Gasteiger partial charge in [0, 0.05) is 24.4 Å². The monoisotopic (exact) mass is 337 g/mol. The van der Waals surface area contributed by atoms with Gasteiger partial charge in [0.15, 0.2) is 5.78 Å². The van der Waals surface area contributed by atoms with Crippen LogP contribution >= 0.6 is 11.6 Å². The van der Waals surface area contributed by atoms with E-state index < -0.39 is 11.6 Å². The van der Waals surface area contributed by atoms with E-state index in [0.29, 0.717) is 29.2 Å². The van der Waals surface area contributed by atoms with Crippen molar-refractivity contribution in [2.24, 2.45) is 0 Å². The Hall–Kier alpha value is -2.08. The van der Waals surface area contributed by atoms with Gasteiger partial charge in [0.25, 0.3) is 0 Å². The van der Waals surface area contributed by atoms with Crippen molar-refractivity contribution in [3.63, 3.8) is 0 Å². The SMILES string of the molecule is O=C(O)CN1CC[C@]2(CCC1=O)CC(=O)c1cc(Cl)ccc1O2. The molecule has 1 fully saturated rings. The Kier molecular flexibility index (Phi) is 4.02. The van der Waals surface area contributed by atoms with Gasteiger partial charge in [-0.15, -0.1) is 0 Å². The van der Waals surface area contributed by atoms with E-state index in [1.54, 1.807) is 18.2 Å². The van der Waals surface area contributed by atoms with E-state index in [0.717, 1.165) is 0 Å². The number of nitrogens with zero attached hydrogens (tertiary/aromatic N) is 1. The first-order chi connectivity index (χ1) is 10.9. The van der Waals surface area contributed by atoms with Crippen molar-refractivity contribution in [1.82, 2.24) is 4.90 Å². The number of rotatable bonds is 2. The van der Waals surface area contributed by atoms with E-state index in [1.807, 2.05) is 0 Å². The summed E-state index contributed by atoms with van der Waals surface area (Å²) in [6, 6.07) is 4.91. The Labute approximate surface area is 138 Å². The summed E-state index contributed by atoms with van der Waals surface area (Å²) in [5.41, 5.74) is -0.290. The van der Waals surface area contributed by atoms with E-state index in [2.05, 4.69) is 0 Å². The van der Waals surface area contributed by atoms with Crippen molar-refractivity contribution in [3.8, 4) is 5.75 Å². The number of hydrogen-bond acceptors (Lipinski definition) is 4. The standard InChI is InChI=1S/C16H16ClNO5/c17-10-1-2-13-11(7-10)12(19)8-16(23-13)4-3-14(20)18(6-5-16)9-15(21)22/h1-2,7H,3-6,8-9H2,(H,21,22)/t16-/m1/s1. The highest BCUT2D eigenvalue weighted by molar-refractivity contribution is 6.31. The van der Waals surface area contributed by atoms with Gasteiger partial charge in [-0.05, 0) is 24.6 Å². The fraction of sp³-hybridized carbons (Fsp3) is 0.438. The van der Waals surface area contributed by atoms with Gasteiger partial charge in [0.05, 0.1) is 12.0 Å². The molecule has 2 aliphatic rings. The first kappa shape index (κ1) is 15.8. The van der Waals surface area contributed by atoms with Gasteiger partial charge in [-0.25, -0.2) is 0 Å². The summed E-state index contributed by atoms with van der Waals surface area (Å²) >= 11 is 5.92. The first-order valence-corrected chi connectivity index (χ1v) is 7.78. The predicted molar refractivity (Wildman–Crippen MR) is 81.8 cm³/mol. The maximum absolute atomic E-state index is 12.4. The Morgan fingerprint density at radius 3 is 2.87 bits per heavy atom. The lowest BCUT2D eigenvalue weighted by molar-refractivity contribution is -0.144. The molecule has 6 nitrogen and oxygen atoms in total. The molecule has 1 spiro atoms. The Balaban J connectivity index is 1.83. The third-order valence-corrected chi connectivity index (χ3v) is 4.60. The van der Waals surface area contributed by atoms with Gasteiger partial charge in [-0.1, -0.05) is 11.6 Å². The highest BCUT2D eigenvalue weighted by Gasteiger charge is 2.43. The number of fused-ring (bicyclic) bond motifs is 1. The van der Waals surface area contributed by atoms with Crippen molar-refractivity contribution in [2.45, 2.75) is 31.3 Å². The van der Waals surface area contributed by atoms with E-state index in [4.69, 9.17) is 21.4 Å². The third-order valence-electron chi connectivity index (χ3n) is 4.36. The lowest BCUT2D eigenvalue weighted by Gasteiger charge is -2.37. The topological polar surface area (TPSA) is 83.9 Å². The summed E-state index contributed by atoms with van der Waals surface area (Å²) in [5, 5.41) is 9.36. The number of carboxylic acids is 1. The molecule has 7 heteroatoms. The minimum absolute atomic E-state index is 0.0621. The van der Waals surface area contributed by atoms with Gasteiger partial charge in [-0.2, -0.15) is 0 Å². The fourth-order valence-electron chi connectivity index (χ4n) is 3.16. The minimum Gasteiger partial charge on any atom is -0.486 e. The molecule has 1 amide bonds. The molecule has 1 N–H and O–H groups in total. The van der Waals surface area contributed by atoms with Gasteiger partial charge in [0.1, 0.15) is 17.9 Å². The average Bonchev–Trinajstić information content (AvgIpc) is 2.62. The smallest absolute Gasteiger partial charge is 0.323 e. The maximum atomic E-state index is 12.4. The number of likely N-dealkylation sites (tertiary alicyclic amines) is 1. The van der Waals surface area contributed by atoms with Crippen molar-refractivity contribution in [2.75, 3.05) is 13.1 Å². The lowest BCUT2D eigenvalue weighted by atomic mass is 9.84. The van der Waals surface area contributed by atoms with Crippen LogP contribution in [0.5, 0.6) is 5.75 Å². The number of aliphatic carboxylic acids is 1. The molecule has 2 heterocycles. The van der Waals surface area contributed by atoms with Gasteiger partial charge < -0.3 is 14.7 Å². The average molecular weight is 338 g/mol. The Morgan fingerprint density at radius 2 is 2.13 bits per heavy atom. The molecule has 0 aliphatic carbocycles. The Morgan fingerprint density at radius 1 is 1.35 bits per heavy atom. The number of Topliss-reactive ketones (excluding diaryl/α,β-unsaturated/α-hetero) is 1. The van der Waals surface area contributed by atoms with Crippen LogP contribution in [0.3, 0.4) is 0 Å². The van der Waals surface area contributed by atoms with Crippen LogP contribution in [-0.4, -0.2) is 46.4 Å². The van der Waals surface area contributed by atoms with Crippen LogP contribution in [-0.2, 0) is 9.59 Å². The molecular formula is C16H16ClNO5. The molecule has 3 rings (SSSR count). The summed E-state index contributed by atoms with van der Waals surface area (Å²) in [6.07, 6.45) is 1.17. The Bertz CT molecular complexity index is 689. The summed E-state index contributed by atoms with van der Waals surface area (Å²) in [5.74, 6) is -0.852. The van der Waals surface area contributed by atoms with E-state index in [-0.39, 0.29) is 37.6 Å². The number of carbonyl (C=O) groups excluding carboxylic acids is 2. The molecule has 1 atom stereocenters. The van der Waals surface area contributed by atoms with Crippen LogP contribution < -0.4 is 4.74 Å². The van der Waals surface area contributed by atoms with Gasteiger partial charge in [0.2, 0.25) is 5.91 Å². The van der Waals surface area contributed by atoms with Crippen molar-refractivity contribution >= 4 is 29.3 Å². The molecule has 1 saturated heterocycles. The van der Waals surface area contributed by atoms with Crippen LogP contribution in [0.1, 0.15) is 36.0 Å². The number of ketones is 1. The zero-order valence-corrected chi connectivity index (χ0v) is 13.1. The van der Waals surface area contributed by atoms with Crippen LogP contribution in [0, 0.1) is 0 Å². The molecule has 1 aromatic rings. The largest absolute Gasteiger partial charge is 0.486 e. The van der Waals surface area contributed by atoms with E-state index in [1.165, 1.54) is 4.90 Å². The lowest BCUT2D eigenvalue weighted by Crippen LogP contribution is -2.43. The van der Waals surface area contributed by atoms with Crippen LogP contribution in [0.25, 0.3) is 0 Å². The zero-order valence-electron chi connectivity index (χ0n) is 12.4. The van der Waals surface area contributed by atoms with Crippen molar-refractivity contribution < 1.29 is 24.2 Å². The highest BCUT2D eigenvalue weighted by Crippen LogP contribution is 2.40. The summed E-state index contributed by atoms with van der Waals surface area (Å²) in [6.45, 7) is -0.0591.